The second kappa shape index (κ2) is 7.40. The Morgan fingerprint density at radius 2 is 1.74 bits per heavy atom. The van der Waals surface area contributed by atoms with Gasteiger partial charge in [0.15, 0.2) is 0 Å². The van der Waals surface area contributed by atoms with Crippen molar-refractivity contribution in [3.05, 3.63) is 65.7 Å². The monoisotopic (exact) mass is 312 g/mol. The largest absolute Gasteiger partial charge is 0.374 e. The smallest absolute Gasteiger partial charge is 0.248 e. The van der Waals surface area contributed by atoms with Crippen LogP contribution in [0.1, 0.15) is 31.9 Å². The first-order chi connectivity index (χ1) is 10.9. The fraction of sp³-hybridized carbons (Fsp3) is 0.316. The highest BCUT2D eigenvalue weighted by atomic mass is 16.5. The first kappa shape index (κ1) is 17.2. The van der Waals surface area contributed by atoms with Crippen molar-refractivity contribution in [2.45, 2.75) is 39.0 Å². The summed E-state index contributed by atoms with van der Waals surface area (Å²) in [5, 5.41) is 2.87. The Balaban J connectivity index is 2.02. The molecule has 3 N–H and O–H groups in total. The SMILES string of the molecule is CC(C)OCc1ccc(NC(=O)C(C)(N)c2ccccc2)cc1. The number of ether oxygens (including phenoxy) is 1. The summed E-state index contributed by atoms with van der Waals surface area (Å²) < 4.78 is 5.55. The van der Waals surface area contributed by atoms with Crippen molar-refractivity contribution < 1.29 is 9.53 Å². The van der Waals surface area contributed by atoms with Crippen LogP contribution in [0.3, 0.4) is 0 Å². The van der Waals surface area contributed by atoms with E-state index in [1.165, 1.54) is 0 Å². The van der Waals surface area contributed by atoms with E-state index in [4.69, 9.17) is 10.5 Å². The molecule has 0 aliphatic rings. The van der Waals surface area contributed by atoms with Gasteiger partial charge in [0, 0.05) is 5.69 Å². The lowest BCUT2D eigenvalue weighted by atomic mass is 9.92. The lowest BCUT2D eigenvalue weighted by Gasteiger charge is -2.24. The van der Waals surface area contributed by atoms with Gasteiger partial charge in [0.2, 0.25) is 5.91 Å². The topological polar surface area (TPSA) is 64.3 Å². The number of carbonyl (C=O) groups is 1. The Morgan fingerprint density at radius 3 is 2.30 bits per heavy atom. The average Bonchev–Trinajstić information content (AvgIpc) is 2.55. The van der Waals surface area contributed by atoms with Gasteiger partial charge in [-0.2, -0.15) is 0 Å². The molecule has 1 unspecified atom stereocenters. The fourth-order valence-corrected chi connectivity index (χ4v) is 2.12. The highest BCUT2D eigenvalue weighted by Gasteiger charge is 2.30. The Labute approximate surface area is 137 Å². The second-order valence-corrected chi connectivity index (χ2v) is 6.08. The van der Waals surface area contributed by atoms with Gasteiger partial charge in [-0.3, -0.25) is 4.79 Å². The summed E-state index contributed by atoms with van der Waals surface area (Å²) >= 11 is 0. The first-order valence-electron chi connectivity index (χ1n) is 7.76. The zero-order chi connectivity index (χ0) is 16.9. The van der Waals surface area contributed by atoms with Gasteiger partial charge in [0.1, 0.15) is 5.54 Å². The summed E-state index contributed by atoms with van der Waals surface area (Å²) in [7, 11) is 0. The van der Waals surface area contributed by atoms with Crippen LogP contribution in [0.4, 0.5) is 5.69 Å². The highest BCUT2D eigenvalue weighted by molar-refractivity contribution is 5.98. The summed E-state index contributed by atoms with van der Waals surface area (Å²) in [6.45, 7) is 6.27. The standard InChI is InChI=1S/C19H24N2O2/c1-14(2)23-13-15-9-11-17(12-10-15)21-18(22)19(3,20)16-7-5-4-6-8-16/h4-12,14H,13,20H2,1-3H3,(H,21,22). The van der Waals surface area contributed by atoms with Crippen LogP contribution in [0.5, 0.6) is 0 Å². The van der Waals surface area contributed by atoms with Gasteiger partial charge in [-0.05, 0) is 44.0 Å². The van der Waals surface area contributed by atoms with Crippen LogP contribution in [0.2, 0.25) is 0 Å². The number of hydrogen-bond donors (Lipinski definition) is 2. The Morgan fingerprint density at radius 1 is 1.13 bits per heavy atom. The van der Waals surface area contributed by atoms with Crippen LogP contribution >= 0.6 is 0 Å². The quantitative estimate of drug-likeness (QED) is 0.859. The first-order valence-corrected chi connectivity index (χ1v) is 7.76. The number of benzene rings is 2. The molecule has 0 aromatic heterocycles. The van der Waals surface area contributed by atoms with E-state index in [0.717, 1.165) is 16.8 Å². The molecule has 0 aliphatic carbocycles. The molecule has 122 valence electrons. The van der Waals surface area contributed by atoms with E-state index in [2.05, 4.69) is 5.32 Å². The highest BCUT2D eigenvalue weighted by Crippen LogP contribution is 2.20. The molecule has 0 fully saturated rings. The van der Waals surface area contributed by atoms with E-state index < -0.39 is 5.54 Å². The molecule has 0 saturated carbocycles. The molecule has 23 heavy (non-hydrogen) atoms. The maximum absolute atomic E-state index is 12.5. The molecule has 2 aromatic carbocycles. The molecule has 2 aromatic rings. The molecule has 0 spiro atoms. The summed E-state index contributed by atoms with van der Waals surface area (Å²) in [6.07, 6.45) is 0.193. The third kappa shape index (κ3) is 4.65. The molecule has 0 radical (unpaired) electrons. The maximum Gasteiger partial charge on any atom is 0.248 e. The minimum absolute atomic E-state index is 0.193. The van der Waals surface area contributed by atoms with Crippen LogP contribution < -0.4 is 11.1 Å². The predicted octanol–water partition coefficient (Wildman–Crippen LogP) is 3.42. The number of nitrogens with one attached hydrogen (secondary N) is 1. The second-order valence-electron chi connectivity index (χ2n) is 6.08. The minimum Gasteiger partial charge on any atom is -0.374 e. The number of hydrogen-bond acceptors (Lipinski definition) is 3. The molecule has 0 heterocycles. The lowest BCUT2D eigenvalue weighted by Crippen LogP contribution is -2.45. The van der Waals surface area contributed by atoms with E-state index in [9.17, 15) is 4.79 Å². The predicted molar refractivity (Wildman–Crippen MR) is 93.0 cm³/mol. The molecule has 4 heteroatoms. The zero-order valence-electron chi connectivity index (χ0n) is 13.9. The van der Waals surface area contributed by atoms with Gasteiger partial charge in [-0.15, -0.1) is 0 Å². The number of rotatable bonds is 6. The van der Waals surface area contributed by atoms with Crippen molar-refractivity contribution >= 4 is 11.6 Å². The average molecular weight is 312 g/mol. The third-order valence-electron chi connectivity index (χ3n) is 3.64. The molecule has 2 rings (SSSR count). The van der Waals surface area contributed by atoms with Crippen LogP contribution in [0.25, 0.3) is 0 Å². The summed E-state index contributed by atoms with van der Waals surface area (Å²) in [6, 6.07) is 16.9. The van der Waals surface area contributed by atoms with Gasteiger partial charge < -0.3 is 15.8 Å². The molecule has 4 nitrogen and oxygen atoms in total. The van der Waals surface area contributed by atoms with Crippen LogP contribution in [-0.2, 0) is 21.7 Å². The molecule has 0 saturated heterocycles. The number of nitrogens with two attached hydrogens (primary N) is 1. The van der Waals surface area contributed by atoms with E-state index in [1.54, 1.807) is 6.92 Å². The molecule has 0 aliphatic heterocycles. The van der Waals surface area contributed by atoms with Crippen molar-refractivity contribution in [3.8, 4) is 0 Å². The van der Waals surface area contributed by atoms with Crippen molar-refractivity contribution in [1.29, 1.82) is 0 Å². The molecular weight excluding hydrogens is 288 g/mol. The van der Waals surface area contributed by atoms with Gasteiger partial charge in [-0.1, -0.05) is 42.5 Å². The van der Waals surface area contributed by atoms with E-state index in [1.807, 2.05) is 68.4 Å². The molecular formula is C19H24N2O2. The Kier molecular flexibility index (Phi) is 5.53. The fourth-order valence-electron chi connectivity index (χ4n) is 2.12. The van der Waals surface area contributed by atoms with E-state index in [-0.39, 0.29) is 12.0 Å². The number of amides is 1. The van der Waals surface area contributed by atoms with Crippen LogP contribution in [-0.4, -0.2) is 12.0 Å². The van der Waals surface area contributed by atoms with Crippen molar-refractivity contribution in [2.75, 3.05) is 5.32 Å². The third-order valence-corrected chi connectivity index (χ3v) is 3.64. The van der Waals surface area contributed by atoms with Gasteiger partial charge in [0.25, 0.3) is 0 Å². The number of anilines is 1. The van der Waals surface area contributed by atoms with Crippen molar-refractivity contribution in [1.82, 2.24) is 0 Å². The normalized spacial score (nSPS) is 13.6. The van der Waals surface area contributed by atoms with Crippen LogP contribution in [0.15, 0.2) is 54.6 Å². The van der Waals surface area contributed by atoms with E-state index in [0.29, 0.717) is 6.61 Å². The van der Waals surface area contributed by atoms with Crippen molar-refractivity contribution in [3.63, 3.8) is 0 Å². The minimum atomic E-state index is -1.08. The van der Waals surface area contributed by atoms with Crippen molar-refractivity contribution in [2.24, 2.45) is 5.73 Å². The molecule has 1 atom stereocenters. The maximum atomic E-state index is 12.5. The van der Waals surface area contributed by atoms with Gasteiger partial charge in [-0.25, -0.2) is 0 Å². The van der Waals surface area contributed by atoms with Gasteiger partial charge in [0.05, 0.1) is 12.7 Å². The van der Waals surface area contributed by atoms with Crippen LogP contribution in [0, 0.1) is 0 Å². The summed E-state index contributed by atoms with van der Waals surface area (Å²) in [4.78, 5) is 12.5. The molecule has 0 bridgehead atoms. The Bertz CT molecular complexity index is 634. The van der Waals surface area contributed by atoms with E-state index >= 15 is 0 Å². The summed E-state index contributed by atoms with van der Waals surface area (Å²) in [5.41, 5.74) is 7.69. The summed E-state index contributed by atoms with van der Waals surface area (Å²) in [5.74, 6) is -0.241. The number of carbonyl (C=O) groups excluding carboxylic acids is 1. The van der Waals surface area contributed by atoms with Gasteiger partial charge >= 0.3 is 0 Å². The Hall–Kier alpha value is -2.17. The lowest BCUT2D eigenvalue weighted by molar-refractivity contribution is -0.120. The molecule has 1 amide bonds. The zero-order valence-corrected chi connectivity index (χ0v) is 13.9.